The highest BCUT2D eigenvalue weighted by molar-refractivity contribution is 8.00. The zero-order valence-corrected chi connectivity index (χ0v) is 15.1. The summed E-state index contributed by atoms with van der Waals surface area (Å²) in [6.07, 6.45) is 0.628. The Morgan fingerprint density at radius 1 is 1.25 bits per heavy atom. The van der Waals surface area contributed by atoms with Gasteiger partial charge in [0.2, 0.25) is 5.91 Å². The van der Waals surface area contributed by atoms with Crippen molar-refractivity contribution in [2.75, 3.05) is 5.32 Å². The van der Waals surface area contributed by atoms with Crippen LogP contribution in [0.15, 0.2) is 52.1 Å². The number of anilines is 1. The van der Waals surface area contributed by atoms with Crippen molar-refractivity contribution in [1.82, 2.24) is 4.98 Å². The van der Waals surface area contributed by atoms with E-state index >= 15 is 0 Å². The lowest BCUT2D eigenvalue weighted by Gasteiger charge is -2.13. The average Bonchev–Trinajstić information content (AvgIpc) is 2.93. The number of rotatable bonds is 5. The molecule has 0 saturated carbocycles. The molecular formula is C17H14Cl2N2O2S. The molecule has 3 aromatic rings. The minimum Gasteiger partial charge on any atom is -0.431 e. The number of aromatic nitrogens is 1. The molecule has 1 atom stereocenters. The Balaban J connectivity index is 1.74. The number of carbonyl (C=O) groups excluding carboxylic acids is 1. The molecule has 2 aromatic carbocycles. The van der Waals surface area contributed by atoms with Gasteiger partial charge in [-0.15, -0.1) is 0 Å². The summed E-state index contributed by atoms with van der Waals surface area (Å²) in [4.78, 5) is 16.9. The summed E-state index contributed by atoms with van der Waals surface area (Å²) < 4.78 is 5.67. The number of para-hydroxylation sites is 2. The molecule has 4 nitrogen and oxygen atoms in total. The van der Waals surface area contributed by atoms with Crippen molar-refractivity contribution in [2.45, 2.75) is 23.8 Å². The molecule has 0 aliphatic heterocycles. The van der Waals surface area contributed by atoms with Crippen molar-refractivity contribution >= 4 is 57.7 Å². The average molecular weight is 381 g/mol. The Kier molecular flexibility index (Phi) is 5.33. The Bertz CT molecular complexity index is 829. The normalized spacial score (nSPS) is 12.3. The van der Waals surface area contributed by atoms with Crippen LogP contribution in [-0.4, -0.2) is 16.1 Å². The molecule has 1 heterocycles. The first kappa shape index (κ1) is 17.1. The summed E-state index contributed by atoms with van der Waals surface area (Å²) in [5.41, 5.74) is 2.04. The predicted molar refractivity (Wildman–Crippen MR) is 99.0 cm³/mol. The van der Waals surface area contributed by atoms with Crippen LogP contribution in [0.3, 0.4) is 0 Å². The molecule has 24 heavy (non-hydrogen) atoms. The van der Waals surface area contributed by atoms with Gasteiger partial charge in [-0.3, -0.25) is 4.79 Å². The van der Waals surface area contributed by atoms with Crippen molar-refractivity contribution < 1.29 is 9.21 Å². The second kappa shape index (κ2) is 7.47. The molecule has 3 rings (SSSR count). The second-order valence-corrected chi connectivity index (χ2v) is 7.14. The number of fused-ring (bicyclic) bond motifs is 1. The summed E-state index contributed by atoms with van der Waals surface area (Å²) >= 11 is 13.2. The van der Waals surface area contributed by atoms with Crippen LogP contribution in [0.4, 0.5) is 5.69 Å². The molecular weight excluding hydrogens is 367 g/mol. The first-order chi connectivity index (χ1) is 11.5. The summed E-state index contributed by atoms with van der Waals surface area (Å²) in [6.45, 7) is 1.94. The third kappa shape index (κ3) is 4.04. The summed E-state index contributed by atoms with van der Waals surface area (Å²) in [5.74, 6) is -0.150. The van der Waals surface area contributed by atoms with Gasteiger partial charge >= 0.3 is 0 Å². The largest absolute Gasteiger partial charge is 0.431 e. The minimum absolute atomic E-state index is 0.150. The molecule has 1 aromatic heterocycles. The number of halogens is 2. The molecule has 0 saturated heterocycles. The van der Waals surface area contributed by atoms with Crippen LogP contribution >= 0.6 is 35.0 Å². The fraction of sp³-hybridized carbons (Fsp3) is 0.176. The van der Waals surface area contributed by atoms with Crippen LogP contribution < -0.4 is 5.32 Å². The molecule has 1 amide bonds. The standard InChI is InChI=1S/C17H14Cl2N2O2S/c1-2-15(16(22)20-12-8-10(18)7-11(19)9-12)24-17-21-13-5-3-4-6-14(13)23-17/h3-9,15H,2H2,1H3,(H,20,22). The van der Waals surface area contributed by atoms with E-state index in [1.807, 2.05) is 31.2 Å². The number of oxazole rings is 1. The number of amides is 1. The van der Waals surface area contributed by atoms with E-state index in [2.05, 4.69) is 10.3 Å². The fourth-order valence-corrected chi connectivity index (χ4v) is 3.59. The zero-order valence-electron chi connectivity index (χ0n) is 12.8. The number of hydrogen-bond donors (Lipinski definition) is 1. The SMILES string of the molecule is CCC(Sc1nc2ccccc2o1)C(=O)Nc1cc(Cl)cc(Cl)c1. The van der Waals surface area contributed by atoms with E-state index in [9.17, 15) is 4.79 Å². The first-order valence-corrected chi connectivity index (χ1v) is 8.98. The van der Waals surface area contributed by atoms with Gasteiger partial charge in [0, 0.05) is 15.7 Å². The van der Waals surface area contributed by atoms with Gasteiger partial charge in [0.1, 0.15) is 5.52 Å². The molecule has 0 aliphatic rings. The maximum atomic E-state index is 12.5. The Morgan fingerprint density at radius 3 is 2.62 bits per heavy atom. The van der Waals surface area contributed by atoms with Gasteiger partial charge in [0.15, 0.2) is 5.58 Å². The van der Waals surface area contributed by atoms with E-state index in [-0.39, 0.29) is 11.2 Å². The number of nitrogens with one attached hydrogen (secondary N) is 1. The molecule has 0 fully saturated rings. The van der Waals surface area contributed by atoms with Crippen LogP contribution in [0, 0.1) is 0 Å². The van der Waals surface area contributed by atoms with Crippen molar-refractivity contribution in [1.29, 1.82) is 0 Å². The van der Waals surface area contributed by atoms with Gasteiger partial charge in [-0.05, 0) is 36.8 Å². The Hall–Kier alpha value is -1.69. The summed E-state index contributed by atoms with van der Waals surface area (Å²) in [7, 11) is 0. The first-order valence-electron chi connectivity index (χ1n) is 7.34. The molecule has 1 N–H and O–H groups in total. The zero-order chi connectivity index (χ0) is 17.1. The Labute approximate surface area is 153 Å². The van der Waals surface area contributed by atoms with Crippen molar-refractivity contribution in [2.24, 2.45) is 0 Å². The fourth-order valence-electron chi connectivity index (χ4n) is 2.19. The van der Waals surface area contributed by atoms with Gasteiger partial charge in [-0.2, -0.15) is 0 Å². The smallest absolute Gasteiger partial charge is 0.257 e. The van der Waals surface area contributed by atoms with Crippen LogP contribution in [0.1, 0.15) is 13.3 Å². The second-order valence-electron chi connectivity index (χ2n) is 5.11. The van der Waals surface area contributed by atoms with Crippen molar-refractivity contribution in [3.63, 3.8) is 0 Å². The topological polar surface area (TPSA) is 55.1 Å². The third-order valence-corrected chi connectivity index (χ3v) is 4.96. The number of benzene rings is 2. The van der Waals surface area contributed by atoms with E-state index in [1.165, 1.54) is 11.8 Å². The number of hydrogen-bond acceptors (Lipinski definition) is 4. The van der Waals surface area contributed by atoms with Crippen LogP contribution in [0.25, 0.3) is 11.1 Å². The highest BCUT2D eigenvalue weighted by Gasteiger charge is 2.21. The number of thioether (sulfide) groups is 1. The molecule has 0 radical (unpaired) electrons. The molecule has 1 unspecified atom stereocenters. The van der Waals surface area contributed by atoms with Crippen molar-refractivity contribution in [3.05, 3.63) is 52.5 Å². The van der Waals surface area contributed by atoms with E-state index < -0.39 is 0 Å². The Morgan fingerprint density at radius 2 is 1.96 bits per heavy atom. The van der Waals surface area contributed by atoms with Gasteiger partial charge in [0.25, 0.3) is 5.22 Å². The predicted octanol–water partition coefficient (Wildman–Crippen LogP) is 5.64. The molecule has 0 bridgehead atoms. The van der Waals surface area contributed by atoms with Gasteiger partial charge in [-0.1, -0.05) is 54.0 Å². The highest BCUT2D eigenvalue weighted by Crippen LogP contribution is 2.29. The highest BCUT2D eigenvalue weighted by atomic mass is 35.5. The lowest BCUT2D eigenvalue weighted by molar-refractivity contribution is -0.115. The van der Waals surface area contributed by atoms with Gasteiger partial charge < -0.3 is 9.73 Å². The summed E-state index contributed by atoms with van der Waals surface area (Å²) in [5, 5.41) is 3.91. The molecule has 7 heteroatoms. The van der Waals surface area contributed by atoms with Crippen LogP contribution in [0.2, 0.25) is 10.0 Å². The quantitative estimate of drug-likeness (QED) is 0.581. The maximum absolute atomic E-state index is 12.5. The van der Waals surface area contributed by atoms with E-state index in [0.717, 1.165) is 5.52 Å². The molecule has 0 spiro atoms. The van der Waals surface area contributed by atoms with Crippen molar-refractivity contribution in [3.8, 4) is 0 Å². The minimum atomic E-state index is -0.337. The molecule has 0 aliphatic carbocycles. The van der Waals surface area contributed by atoms with E-state index in [4.69, 9.17) is 27.6 Å². The van der Waals surface area contributed by atoms with Gasteiger partial charge in [-0.25, -0.2) is 4.98 Å². The maximum Gasteiger partial charge on any atom is 0.257 e. The third-order valence-electron chi connectivity index (χ3n) is 3.31. The van der Waals surface area contributed by atoms with E-state index in [0.29, 0.717) is 33.0 Å². The van der Waals surface area contributed by atoms with Gasteiger partial charge in [0.05, 0.1) is 5.25 Å². The van der Waals surface area contributed by atoms with E-state index in [1.54, 1.807) is 18.2 Å². The molecule has 124 valence electrons. The lowest BCUT2D eigenvalue weighted by atomic mass is 10.2. The summed E-state index contributed by atoms with van der Waals surface area (Å²) in [6, 6.07) is 12.4. The lowest BCUT2D eigenvalue weighted by Crippen LogP contribution is -2.24. The number of carbonyl (C=O) groups is 1. The monoisotopic (exact) mass is 380 g/mol. The van der Waals surface area contributed by atoms with Crippen LogP contribution in [0.5, 0.6) is 0 Å². The van der Waals surface area contributed by atoms with Crippen LogP contribution in [-0.2, 0) is 4.79 Å². The number of nitrogens with zero attached hydrogens (tertiary/aromatic N) is 1.